The number of nitrogens with one attached hydrogen (secondary N) is 1. The number of carbonyl (C=O) groups excluding carboxylic acids is 1. The number of pyridine rings is 1. The van der Waals surface area contributed by atoms with Gasteiger partial charge in [-0.25, -0.2) is 9.48 Å². The Bertz CT molecular complexity index is 849. The van der Waals surface area contributed by atoms with Gasteiger partial charge in [-0.3, -0.25) is 14.5 Å². The van der Waals surface area contributed by atoms with Crippen LogP contribution in [0.15, 0.2) is 29.2 Å². The van der Waals surface area contributed by atoms with Crippen LogP contribution in [-0.2, 0) is 17.8 Å². The third-order valence-electron chi connectivity index (χ3n) is 2.80. The molecule has 8 nitrogen and oxygen atoms in total. The molecule has 0 aromatic carbocycles. The molecule has 3 rings (SSSR count). The van der Waals surface area contributed by atoms with E-state index in [1.807, 2.05) is 6.92 Å². The van der Waals surface area contributed by atoms with Crippen LogP contribution in [0.25, 0.3) is 5.65 Å². The molecular weight excluding hydrogens is 292 g/mol. The molecule has 3 heterocycles. The number of amides is 1. The van der Waals surface area contributed by atoms with E-state index in [-0.39, 0.29) is 18.1 Å². The number of aryl methyl sites for hydroxylation is 1. The molecule has 0 saturated heterocycles. The van der Waals surface area contributed by atoms with Crippen LogP contribution in [0.1, 0.15) is 11.9 Å². The molecule has 0 aliphatic carbocycles. The molecule has 0 spiro atoms. The van der Waals surface area contributed by atoms with Crippen molar-refractivity contribution in [3.05, 3.63) is 39.9 Å². The van der Waals surface area contributed by atoms with Gasteiger partial charge in [0.25, 0.3) is 0 Å². The molecule has 108 valence electrons. The lowest BCUT2D eigenvalue weighted by atomic mass is 10.5. The van der Waals surface area contributed by atoms with E-state index >= 15 is 0 Å². The third kappa shape index (κ3) is 2.68. The number of nitrogens with zero attached hydrogens (tertiary/aromatic N) is 5. The topological polar surface area (TPSA) is 94.2 Å². The summed E-state index contributed by atoms with van der Waals surface area (Å²) in [7, 11) is 0. The zero-order valence-electron chi connectivity index (χ0n) is 11.2. The van der Waals surface area contributed by atoms with Crippen molar-refractivity contribution in [2.45, 2.75) is 19.9 Å². The Kier molecular flexibility index (Phi) is 3.48. The summed E-state index contributed by atoms with van der Waals surface area (Å²) in [5.41, 5.74) is 0.145. The summed E-state index contributed by atoms with van der Waals surface area (Å²) < 4.78 is 2.50. The second-order valence-corrected chi connectivity index (χ2v) is 5.33. The van der Waals surface area contributed by atoms with Crippen molar-refractivity contribution in [3.8, 4) is 0 Å². The van der Waals surface area contributed by atoms with Gasteiger partial charge < -0.3 is 0 Å². The zero-order chi connectivity index (χ0) is 14.8. The Morgan fingerprint density at radius 3 is 2.95 bits per heavy atom. The molecular formula is C12H12N6O2S. The van der Waals surface area contributed by atoms with Crippen molar-refractivity contribution >= 4 is 28.0 Å². The van der Waals surface area contributed by atoms with Crippen LogP contribution >= 0.6 is 11.3 Å². The van der Waals surface area contributed by atoms with Gasteiger partial charge in [-0.15, -0.1) is 15.3 Å². The van der Waals surface area contributed by atoms with Crippen molar-refractivity contribution < 1.29 is 4.79 Å². The number of carbonyl (C=O) groups is 1. The minimum absolute atomic E-state index is 0.165. The van der Waals surface area contributed by atoms with E-state index in [2.05, 4.69) is 20.6 Å². The van der Waals surface area contributed by atoms with Crippen molar-refractivity contribution in [1.82, 2.24) is 24.4 Å². The maximum absolute atomic E-state index is 12.0. The molecule has 9 heteroatoms. The van der Waals surface area contributed by atoms with Gasteiger partial charge >= 0.3 is 5.69 Å². The summed E-state index contributed by atoms with van der Waals surface area (Å²) in [5.74, 6) is -0.362. The van der Waals surface area contributed by atoms with Gasteiger partial charge in [-0.05, 0) is 18.6 Å². The highest BCUT2D eigenvalue weighted by Crippen LogP contribution is 2.15. The Hall–Kier alpha value is -2.55. The van der Waals surface area contributed by atoms with E-state index < -0.39 is 0 Å². The summed E-state index contributed by atoms with van der Waals surface area (Å²) in [6.07, 6.45) is 2.37. The van der Waals surface area contributed by atoms with Gasteiger partial charge in [0.1, 0.15) is 11.6 Å². The summed E-state index contributed by atoms with van der Waals surface area (Å²) in [6, 6.07) is 5.21. The maximum atomic E-state index is 12.0. The van der Waals surface area contributed by atoms with Gasteiger partial charge in [0.2, 0.25) is 11.0 Å². The SMILES string of the molecule is CCc1nnc(NC(=O)Cn2nc3ccccn3c2=O)s1. The van der Waals surface area contributed by atoms with Crippen molar-refractivity contribution in [1.29, 1.82) is 0 Å². The average Bonchev–Trinajstić information content (AvgIpc) is 3.05. The van der Waals surface area contributed by atoms with E-state index in [1.54, 1.807) is 24.4 Å². The number of aromatic nitrogens is 5. The molecule has 0 fully saturated rings. The molecule has 0 saturated carbocycles. The van der Waals surface area contributed by atoms with Crippen molar-refractivity contribution in [2.75, 3.05) is 5.32 Å². The lowest BCUT2D eigenvalue weighted by Crippen LogP contribution is -2.28. The van der Waals surface area contributed by atoms with Crippen LogP contribution < -0.4 is 11.0 Å². The highest BCUT2D eigenvalue weighted by molar-refractivity contribution is 7.15. The molecule has 3 aromatic rings. The first-order valence-corrected chi connectivity index (χ1v) is 7.15. The predicted molar refractivity (Wildman–Crippen MR) is 77.4 cm³/mol. The quantitative estimate of drug-likeness (QED) is 0.759. The Labute approximate surface area is 123 Å². The molecule has 0 radical (unpaired) electrons. The van der Waals surface area contributed by atoms with Crippen LogP contribution in [0.5, 0.6) is 0 Å². The molecule has 1 N–H and O–H groups in total. The van der Waals surface area contributed by atoms with Gasteiger partial charge in [0.15, 0.2) is 5.65 Å². The fourth-order valence-electron chi connectivity index (χ4n) is 1.81. The molecule has 0 bridgehead atoms. The molecule has 0 atom stereocenters. The van der Waals surface area contributed by atoms with Crippen molar-refractivity contribution in [3.63, 3.8) is 0 Å². The standard InChI is InChI=1S/C12H12N6O2S/c1-2-10-14-15-11(21-10)13-9(19)7-18-12(20)17-6-4-3-5-8(17)16-18/h3-6H,2,7H2,1H3,(H,13,15,19). The van der Waals surface area contributed by atoms with Crippen LogP contribution in [0.2, 0.25) is 0 Å². The third-order valence-corrected chi connectivity index (χ3v) is 3.78. The van der Waals surface area contributed by atoms with Gasteiger partial charge in [-0.1, -0.05) is 24.3 Å². The predicted octanol–water partition coefficient (Wildman–Crippen LogP) is 0.549. The first-order valence-electron chi connectivity index (χ1n) is 6.34. The van der Waals surface area contributed by atoms with E-state index in [4.69, 9.17) is 0 Å². The number of anilines is 1. The minimum atomic E-state index is -0.362. The average molecular weight is 304 g/mol. The molecule has 3 aromatic heterocycles. The Morgan fingerprint density at radius 2 is 2.24 bits per heavy atom. The molecule has 1 amide bonds. The summed E-state index contributed by atoms with van der Waals surface area (Å²) in [4.78, 5) is 24.0. The normalized spacial score (nSPS) is 10.9. The lowest BCUT2D eigenvalue weighted by Gasteiger charge is -1.99. The van der Waals surface area contributed by atoms with Gasteiger partial charge in [-0.2, -0.15) is 0 Å². The van der Waals surface area contributed by atoms with E-state index in [1.165, 1.54) is 15.7 Å². The molecule has 21 heavy (non-hydrogen) atoms. The summed E-state index contributed by atoms with van der Waals surface area (Å²) >= 11 is 1.31. The van der Waals surface area contributed by atoms with Crippen molar-refractivity contribution in [2.24, 2.45) is 0 Å². The fourth-order valence-corrected chi connectivity index (χ4v) is 2.51. The fraction of sp³-hybridized carbons (Fsp3) is 0.250. The summed E-state index contributed by atoms with van der Waals surface area (Å²) in [5, 5.41) is 15.7. The van der Waals surface area contributed by atoms with Gasteiger partial charge in [0.05, 0.1) is 0 Å². The minimum Gasteiger partial charge on any atom is -0.299 e. The summed E-state index contributed by atoms with van der Waals surface area (Å²) in [6.45, 7) is 1.80. The smallest absolute Gasteiger partial charge is 0.299 e. The highest BCUT2D eigenvalue weighted by Gasteiger charge is 2.12. The number of hydrogen-bond acceptors (Lipinski definition) is 6. The Morgan fingerprint density at radius 1 is 1.38 bits per heavy atom. The Balaban J connectivity index is 1.77. The van der Waals surface area contributed by atoms with Crippen LogP contribution in [0.4, 0.5) is 5.13 Å². The monoisotopic (exact) mass is 304 g/mol. The second-order valence-electron chi connectivity index (χ2n) is 4.27. The first kappa shape index (κ1) is 13.4. The second kappa shape index (κ2) is 5.44. The van der Waals surface area contributed by atoms with Crippen LogP contribution in [-0.4, -0.2) is 30.3 Å². The maximum Gasteiger partial charge on any atom is 0.350 e. The number of hydrogen-bond donors (Lipinski definition) is 1. The number of rotatable bonds is 4. The zero-order valence-corrected chi connectivity index (χ0v) is 12.0. The largest absolute Gasteiger partial charge is 0.350 e. The lowest BCUT2D eigenvalue weighted by molar-refractivity contribution is -0.117. The molecule has 0 aliphatic rings. The van der Waals surface area contributed by atoms with Crippen LogP contribution in [0.3, 0.4) is 0 Å². The van der Waals surface area contributed by atoms with Crippen LogP contribution in [0, 0.1) is 0 Å². The van der Waals surface area contributed by atoms with E-state index in [0.717, 1.165) is 16.1 Å². The van der Waals surface area contributed by atoms with E-state index in [9.17, 15) is 9.59 Å². The first-order chi connectivity index (χ1) is 10.2. The molecule has 0 unspecified atom stereocenters. The van der Waals surface area contributed by atoms with E-state index in [0.29, 0.717) is 10.8 Å². The number of fused-ring (bicyclic) bond motifs is 1. The van der Waals surface area contributed by atoms with Gasteiger partial charge in [0, 0.05) is 6.20 Å². The highest BCUT2D eigenvalue weighted by atomic mass is 32.1. The molecule has 0 aliphatic heterocycles.